The summed E-state index contributed by atoms with van der Waals surface area (Å²) in [5, 5.41) is 2.59. The Kier molecular flexibility index (Phi) is 6.70. The van der Waals surface area contributed by atoms with Crippen LogP contribution in [0.2, 0.25) is 0 Å². The zero-order chi connectivity index (χ0) is 20.0. The van der Waals surface area contributed by atoms with E-state index in [0.717, 1.165) is 16.7 Å². The zero-order valence-electron chi connectivity index (χ0n) is 15.4. The third kappa shape index (κ3) is 6.19. The number of carbonyl (C=O) groups is 2. The fourth-order valence-electron chi connectivity index (χ4n) is 2.24. The first-order valence-corrected chi connectivity index (χ1v) is 9.75. The van der Waals surface area contributed by atoms with Crippen LogP contribution in [0.5, 0.6) is 0 Å². The van der Waals surface area contributed by atoms with Crippen LogP contribution in [0.15, 0.2) is 47.4 Å². The van der Waals surface area contributed by atoms with Gasteiger partial charge in [0, 0.05) is 5.69 Å². The number of benzene rings is 2. The lowest BCUT2D eigenvalue weighted by atomic mass is 10.1. The third-order valence-electron chi connectivity index (χ3n) is 3.86. The van der Waals surface area contributed by atoms with E-state index in [-0.39, 0.29) is 4.90 Å². The van der Waals surface area contributed by atoms with Crippen molar-refractivity contribution in [1.29, 1.82) is 0 Å². The van der Waals surface area contributed by atoms with Crippen LogP contribution in [0, 0.1) is 20.8 Å². The molecular formula is C19H22N2O5S. The molecular weight excluding hydrogens is 368 g/mol. The summed E-state index contributed by atoms with van der Waals surface area (Å²) in [7, 11) is -3.84. The molecule has 0 aliphatic heterocycles. The van der Waals surface area contributed by atoms with Crippen molar-refractivity contribution >= 4 is 27.6 Å². The first kappa shape index (κ1) is 20.6. The maximum atomic E-state index is 12.2. The van der Waals surface area contributed by atoms with E-state index in [1.165, 1.54) is 12.1 Å². The van der Waals surface area contributed by atoms with Crippen molar-refractivity contribution in [2.75, 3.05) is 18.5 Å². The Hall–Kier alpha value is -2.71. The van der Waals surface area contributed by atoms with Crippen LogP contribution in [-0.4, -0.2) is 33.4 Å². The minimum Gasteiger partial charge on any atom is -0.455 e. The second-order valence-electron chi connectivity index (χ2n) is 6.15. The molecule has 0 atom stereocenters. The van der Waals surface area contributed by atoms with Crippen LogP contribution in [-0.2, 0) is 24.3 Å². The van der Waals surface area contributed by atoms with E-state index in [2.05, 4.69) is 10.0 Å². The van der Waals surface area contributed by atoms with Gasteiger partial charge in [-0.1, -0.05) is 18.2 Å². The van der Waals surface area contributed by atoms with Crippen LogP contribution < -0.4 is 10.0 Å². The molecule has 2 rings (SSSR count). The smallest absolute Gasteiger partial charge is 0.321 e. The lowest BCUT2D eigenvalue weighted by Gasteiger charge is -2.09. The number of hydrogen-bond donors (Lipinski definition) is 2. The first-order chi connectivity index (χ1) is 12.7. The van der Waals surface area contributed by atoms with E-state index in [9.17, 15) is 18.0 Å². The minimum atomic E-state index is -3.84. The number of hydrogen-bond acceptors (Lipinski definition) is 5. The van der Waals surface area contributed by atoms with E-state index in [4.69, 9.17) is 4.74 Å². The molecule has 2 N–H and O–H groups in total. The molecule has 0 saturated carbocycles. The number of anilines is 1. The SMILES string of the molecule is Cc1cccc(NC(=O)COC(=O)CNS(=O)(=O)c2ccc(C)c(C)c2)c1. The van der Waals surface area contributed by atoms with Gasteiger partial charge in [0.1, 0.15) is 6.54 Å². The van der Waals surface area contributed by atoms with Gasteiger partial charge in [-0.05, 0) is 61.7 Å². The van der Waals surface area contributed by atoms with Crippen molar-refractivity contribution in [3.05, 3.63) is 59.2 Å². The predicted molar refractivity (Wildman–Crippen MR) is 102 cm³/mol. The Balaban J connectivity index is 1.83. The number of esters is 1. The molecule has 0 fully saturated rings. The maximum Gasteiger partial charge on any atom is 0.321 e. The van der Waals surface area contributed by atoms with Crippen LogP contribution in [0.3, 0.4) is 0 Å². The summed E-state index contributed by atoms with van der Waals surface area (Å²) in [4.78, 5) is 23.6. The van der Waals surface area contributed by atoms with Crippen LogP contribution in [0.1, 0.15) is 16.7 Å². The summed E-state index contributed by atoms with van der Waals surface area (Å²) < 4.78 is 31.4. The van der Waals surface area contributed by atoms with Gasteiger partial charge in [0.15, 0.2) is 6.61 Å². The molecule has 0 unspecified atom stereocenters. The average molecular weight is 390 g/mol. The highest BCUT2D eigenvalue weighted by molar-refractivity contribution is 7.89. The van der Waals surface area contributed by atoms with E-state index in [1.54, 1.807) is 31.2 Å². The number of ether oxygens (including phenoxy) is 1. The molecule has 0 radical (unpaired) electrons. The van der Waals surface area contributed by atoms with Crippen molar-refractivity contribution < 1.29 is 22.7 Å². The normalized spacial score (nSPS) is 11.1. The van der Waals surface area contributed by atoms with Gasteiger partial charge in [-0.25, -0.2) is 8.42 Å². The quantitative estimate of drug-likeness (QED) is 0.705. The summed E-state index contributed by atoms with van der Waals surface area (Å²) in [5.74, 6) is -1.35. The number of sulfonamides is 1. The van der Waals surface area contributed by atoms with Gasteiger partial charge < -0.3 is 10.1 Å². The minimum absolute atomic E-state index is 0.0654. The molecule has 144 valence electrons. The molecule has 0 saturated heterocycles. The van der Waals surface area contributed by atoms with Gasteiger partial charge in [-0.15, -0.1) is 0 Å². The Labute approximate surface area is 158 Å². The number of aryl methyl sites for hydroxylation is 3. The second kappa shape index (κ2) is 8.79. The van der Waals surface area contributed by atoms with E-state index in [0.29, 0.717) is 5.69 Å². The second-order valence-corrected chi connectivity index (χ2v) is 7.92. The molecule has 7 nitrogen and oxygen atoms in total. The van der Waals surface area contributed by atoms with Gasteiger partial charge in [0.25, 0.3) is 5.91 Å². The highest BCUT2D eigenvalue weighted by Crippen LogP contribution is 2.14. The van der Waals surface area contributed by atoms with Gasteiger partial charge in [-0.2, -0.15) is 4.72 Å². The summed E-state index contributed by atoms with van der Waals surface area (Å²) in [6, 6.07) is 11.8. The lowest BCUT2D eigenvalue weighted by Crippen LogP contribution is -2.32. The predicted octanol–water partition coefficient (Wildman–Crippen LogP) is 2.07. The number of amides is 1. The molecule has 2 aromatic carbocycles. The van der Waals surface area contributed by atoms with Crippen LogP contribution in [0.25, 0.3) is 0 Å². The molecule has 0 aliphatic carbocycles. The first-order valence-electron chi connectivity index (χ1n) is 8.26. The fourth-order valence-corrected chi connectivity index (χ4v) is 3.29. The molecule has 1 amide bonds. The van der Waals surface area contributed by atoms with Gasteiger partial charge in [0.2, 0.25) is 10.0 Å². The van der Waals surface area contributed by atoms with Crippen molar-refractivity contribution in [1.82, 2.24) is 4.72 Å². The summed E-state index contributed by atoms with van der Waals surface area (Å²) >= 11 is 0. The molecule has 0 aliphatic rings. The number of nitrogens with one attached hydrogen (secondary N) is 2. The van der Waals surface area contributed by atoms with Crippen LogP contribution in [0.4, 0.5) is 5.69 Å². The standard InChI is InChI=1S/C19H22N2O5S/c1-13-5-4-6-16(9-13)21-18(22)12-26-19(23)11-20-27(24,25)17-8-7-14(2)15(3)10-17/h4-10,20H,11-12H2,1-3H3,(H,21,22). The molecule has 2 aromatic rings. The molecule has 0 heterocycles. The Morgan fingerprint density at radius 3 is 2.41 bits per heavy atom. The fraction of sp³-hybridized carbons (Fsp3) is 0.263. The Morgan fingerprint density at radius 1 is 1.00 bits per heavy atom. The summed E-state index contributed by atoms with van der Waals surface area (Å²) in [6.07, 6.45) is 0. The van der Waals surface area contributed by atoms with Crippen molar-refractivity contribution in [2.24, 2.45) is 0 Å². The highest BCUT2D eigenvalue weighted by atomic mass is 32.2. The van der Waals surface area contributed by atoms with Gasteiger partial charge >= 0.3 is 5.97 Å². The number of carbonyl (C=O) groups excluding carboxylic acids is 2. The van der Waals surface area contributed by atoms with Crippen molar-refractivity contribution in [3.8, 4) is 0 Å². The van der Waals surface area contributed by atoms with E-state index < -0.39 is 35.1 Å². The topological polar surface area (TPSA) is 102 Å². The molecule has 0 aromatic heterocycles. The lowest BCUT2D eigenvalue weighted by molar-refractivity contribution is -0.146. The molecule has 27 heavy (non-hydrogen) atoms. The van der Waals surface area contributed by atoms with Gasteiger partial charge in [-0.3, -0.25) is 9.59 Å². The van der Waals surface area contributed by atoms with E-state index >= 15 is 0 Å². The largest absolute Gasteiger partial charge is 0.455 e. The highest BCUT2D eigenvalue weighted by Gasteiger charge is 2.17. The molecule has 8 heteroatoms. The summed E-state index contributed by atoms with van der Waals surface area (Å²) in [5.41, 5.74) is 3.36. The third-order valence-corrected chi connectivity index (χ3v) is 5.26. The van der Waals surface area contributed by atoms with Crippen molar-refractivity contribution in [3.63, 3.8) is 0 Å². The number of rotatable bonds is 7. The zero-order valence-corrected chi connectivity index (χ0v) is 16.2. The Morgan fingerprint density at radius 2 is 1.74 bits per heavy atom. The van der Waals surface area contributed by atoms with Gasteiger partial charge in [0.05, 0.1) is 4.90 Å². The monoisotopic (exact) mass is 390 g/mol. The van der Waals surface area contributed by atoms with Crippen LogP contribution >= 0.6 is 0 Å². The molecule has 0 spiro atoms. The van der Waals surface area contributed by atoms with E-state index in [1.807, 2.05) is 19.9 Å². The Bertz CT molecular complexity index is 954. The molecule has 0 bridgehead atoms. The van der Waals surface area contributed by atoms with Crippen molar-refractivity contribution in [2.45, 2.75) is 25.7 Å². The summed E-state index contributed by atoms with van der Waals surface area (Å²) in [6.45, 7) is 4.50. The average Bonchev–Trinajstić information content (AvgIpc) is 2.60. The maximum absolute atomic E-state index is 12.2.